The van der Waals surface area contributed by atoms with Gasteiger partial charge in [0, 0.05) is 11.3 Å². The number of para-hydroxylation sites is 1. The predicted molar refractivity (Wildman–Crippen MR) is 103 cm³/mol. The highest BCUT2D eigenvalue weighted by molar-refractivity contribution is 5.49. The summed E-state index contributed by atoms with van der Waals surface area (Å²) in [6.07, 6.45) is 8.78. The van der Waals surface area contributed by atoms with Gasteiger partial charge in [-0.05, 0) is 38.8 Å². The van der Waals surface area contributed by atoms with Crippen LogP contribution in [-0.4, -0.2) is 13.9 Å². The van der Waals surface area contributed by atoms with Gasteiger partial charge in [0.1, 0.15) is 0 Å². The second-order valence-corrected chi connectivity index (χ2v) is 8.63. The molecule has 0 radical (unpaired) electrons. The molecule has 138 valence electrons. The molecule has 5 heteroatoms. The first kappa shape index (κ1) is 15.5. The van der Waals surface area contributed by atoms with Crippen LogP contribution >= 0.6 is 0 Å². The first-order valence-electron chi connectivity index (χ1n) is 9.94. The van der Waals surface area contributed by atoms with Crippen LogP contribution in [-0.2, 0) is 5.54 Å². The third-order valence-electron chi connectivity index (χ3n) is 7.97. The first-order valence-corrected chi connectivity index (χ1v) is 9.94. The second kappa shape index (κ2) is 4.64. The first-order chi connectivity index (χ1) is 13.0. The highest BCUT2D eigenvalue weighted by atomic mass is 16.2. The summed E-state index contributed by atoms with van der Waals surface area (Å²) < 4.78 is 4.96. The Hall–Kier alpha value is -2.56. The highest BCUT2D eigenvalue weighted by Gasteiger charge is 2.70. The normalized spacial score (nSPS) is 35.5. The number of aromatic nitrogens is 3. The van der Waals surface area contributed by atoms with Crippen LogP contribution in [0.3, 0.4) is 0 Å². The molecule has 4 atom stereocenters. The minimum atomic E-state index is -0.398. The molecule has 0 unspecified atom stereocenters. The summed E-state index contributed by atoms with van der Waals surface area (Å²) in [7, 11) is 0. The van der Waals surface area contributed by atoms with Crippen LogP contribution in [0.15, 0.2) is 63.2 Å². The number of rotatable bonds is 1. The summed E-state index contributed by atoms with van der Waals surface area (Å²) in [6.45, 7) is 4.46. The van der Waals surface area contributed by atoms with Gasteiger partial charge in [0.05, 0.1) is 17.3 Å². The van der Waals surface area contributed by atoms with Gasteiger partial charge in [-0.1, -0.05) is 54.3 Å². The molecule has 1 saturated carbocycles. The predicted octanol–water partition coefficient (Wildman–Crippen LogP) is 3.15. The third kappa shape index (κ3) is 1.41. The maximum atomic E-state index is 13.6. The molecule has 1 aromatic carbocycles. The largest absolute Gasteiger partial charge is 0.352 e. The van der Waals surface area contributed by atoms with Crippen molar-refractivity contribution in [1.29, 1.82) is 0 Å². The van der Waals surface area contributed by atoms with Crippen molar-refractivity contribution in [2.45, 2.75) is 51.1 Å². The van der Waals surface area contributed by atoms with E-state index in [1.807, 2.05) is 35.0 Å². The van der Waals surface area contributed by atoms with Gasteiger partial charge >= 0.3 is 11.4 Å². The Kier molecular flexibility index (Phi) is 2.66. The van der Waals surface area contributed by atoms with Gasteiger partial charge in [-0.25, -0.2) is 23.5 Å². The molecular weight excluding hydrogens is 338 g/mol. The fraction of sp³-hybridized carbons (Fsp3) is 0.455. The van der Waals surface area contributed by atoms with E-state index < -0.39 is 5.54 Å². The highest BCUT2D eigenvalue weighted by Crippen LogP contribution is 2.72. The standard InChI is InChI=1S/C22H23N3O2/c1-14-15(2)22-12-7-6-11-21(22)13-10-17(18(14)22)24-19(26)23(20(27)25(21)24)16-8-4-3-5-9-16/h3-5,8-10,13,17-18H,6-7,11-12H2,1-2H3/t17-,18+,21+,22+/m0/s1. The fourth-order valence-corrected chi connectivity index (χ4v) is 6.90. The van der Waals surface area contributed by atoms with Crippen molar-refractivity contribution in [3.05, 3.63) is 74.6 Å². The average Bonchev–Trinajstić information content (AvgIpc) is 2.99. The zero-order chi connectivity index (χ0) is 18.6. The van der Waals surface area contributed by atoms with Crippen LogP contribution in [0.2, 0.25) is 0 Å². The van der Waals surface area contributed by atoms with Crippen molar-refractivity contribution in [2.75, 3.05) is 0 Å². The van der Waals surface area contributed by atoms with E-state index >= 15 is 0 Å². The minimum absolute atomic E-state index is 0.00783. The van der Waals surface area contributed by atoms with Gasteiger partial charge < -0.3 is 0 Å². The number of hydrogen-bond donors (Lipinski definition) is 0. The second-order valence-electron chi connectivity index (χ2n) is 8.63. The molecule has 7 rings (SSSR count). The van der Waals surface area contributed by atoms with Gasteiger partial charge in [-0.2, -0.15) is 0 Å². The molecule has 0 N–H and O–H groups in total. The van der Waals surface area contributed by atoms with E-state index in [0.717, 1.165) is 19.3 Å². The molecule has 3 aliphatic carbocycles. The topological polar surface area (TPSA) is 48.9 Å². The Morgan fingerprint density at radius 2 is 1.74 bits per heavy atom. The molecule has 2 spiro atoms. The lowest BCUT2D eigenvalue weighted by Crippen LogP contribution is -2.71. The number of nitrogens with zero attached hydrogens (tertiary/aromatic N) is 3. The lowest BCUT2D eigenvalue weighted by Gasteiger charge is -2.69. The van der Waals surface area contributed by atoms with E-state index in [9.17, 15) is 9.59 Å². The van der Waals surface area contributed by atoms with Gasteiger partial charge in [0.2, 0.25) is 0 Å². The van der Waals surface area contributed by atoms with Crippen LogP contribution < -0.4 is 11.4 Å². The average molecular weight is 361 g/mol. The van der Waals surface area contributed by atoms with E-state index in [1.165, 1.54) is 22.1 Å². The Morgan fingerprint density at radius 1 is 1.00 bits per heavy atom. The van der Waals surface area contributed by atoms with E-state index in [2.05, 4.69) is 26.0 Å². The van der Waals surface area contributed by atoms with Gasteiger partial charge in [-0.15, -0.1) is 0 Å². The molecule has 5 aliphatic rings. The van der Waals surface area contributed by atoms with Crippen molar-refractivity contribution in [3.8, 4) is 5.69 Å². The Labute approximate surface area is 157 Å². The van der Waals surface area contributed by atoms with Crippen LogP contribution in [0.25, 0.3) is 5.69 Å². The van der Waals surface area contributed by atoms with E-state index in [1.54, 1.807) is 4.68 Å². The van der Waals surface area contributed by atoms with E-state index in [-0.39, 0.29) is 22.8 Å². The molecule has 3 heterocycles. The molecule has 2 bridgehead atoms. The summed E-state index contributed by atoms with van der Waals surface area (Å²) in [5.74, 6) is 0.339. The maximum absolute atomic E-state index is 13.6. The molecule has 2 aromatic rings. The summed E-state index contributed by atoms with van der Waals surface area (Å²) in [6, 6.07) is 9.26. The molecule has 0 saturated heterocycles. The smallest absolute Gasteiger partial charge is 0.245 e. The van der Waals surface area contributed by atoms with Crippen LogP contribution in [0.1, 0.15) is 45.6 Å². The number of benzene rings is 1. The van der Waals surface area contributed by atoms with E-state index in [4.69, 9.17) is 0 Å². The van der Waals surface area contributed by atoms with Crippen molar-refractivity contribution < 1.29 is 0 Å². The van der Waals surface area contributed by atoms with Crippen molar-refractivity contribution >= 4 is 0 Å². The molecule has 1 fully saturated rings. The summed E-state index contributed by atoms with van der Waals surface area (Å²) in [4.78, 5) is 27.0. The van der Waals surface area contributed by atoms with Gasteiger partial charge in [0.25, 0.3) is 0 Å². The molecule has 1 aromatic heterocycles. The van der Waals surface area contributed by atoms with Crippen LogP contribution in [0, 0.1) is 11.3 Å². The zero-order valence-electron chi connectivity index (χ0n) is 15.7. The fourth-order valence-electron chi connectivity index (χ4n) is 6.90. The van der Waals surface area contributed by atoms with Crippen LogP contribution in [0.4, 0.5) is 0 Å². The van der Waals surface area contributed by atoms with Gasteiger partial charge in [-0.3, -0.25) is 0 Å². The van der Waals surface area contributed by atoms with Crippen LogP contribution in [0.5, 0.6) is 0 Å². The van der Waals surface area contributed by atoms with Crippen molar-refractivity contribution in [2.24, 2.45) is 11.3 Å². The lowest BCUT2D eigenvalue weighted by molar-refractivity contribution is -0.0857. The summed E-state index contributed by atoms with van der Waals surface area (Å²) >= 11 is 0. The van der Waals surface area contributed by atoms with Crippen molar-refractivity contribution in [3.63, 3.8) is 0 Å². The molecular formula is C22H23N3O2. The zero-order valence-corrected chi connectivity index (χ0v) is 15.7. The summed E-state index contributed by atoms with van der Waals surface area (Å²) in [5, 5.41) is 0. The summed E-state index contributed by atoms with van der Waals surface area (Å²) in [5.41, 5.74) is 2.71. The monoisotopic (exact) mass is 361 g/mol. The molecule has 5 nitrogen and oxygen atoms in total. The van der Waals surface area contributed by atoms with E-state index in [0.29, 0.717) is 11.6 Å². The molecule has 27 heavy (non-hydrogen) atoms. The van der Waals surface area contributed by atoms with Crippen molar-refractivity contribution in [1.82, 2.24) is 13.9 Å². The Bertz CT molecular complexity index is 1160. The molecule has 2 aliphatic heterocycles. The third-order valence-corrected chi connectivity index (χ3v) is 7.97. The maximum Gasteiger partial charge on any atom is 0.352 e. The quantitative estimate of drug-likeness (QED) is 0.733. The SMILES string of the molecule is CC1=C(C)[C@@]23CCCC[C@@]24C=C[C@@H]([C@@H]13)n1c(=O)n(-c2ccccc2)c(=O)n14. The number of allylic oxidation sites excluding steroid dienone is 4. The lowest BCUT2D eigenvalue weighted by atomic mass is 9.40. The number of hydrogen-bond acceptors (Lipinski definition) is 2. The Balaban J connectivity index is 1.72. The Morgan fingerprint density at radius 3 is 2.52 bits per heavy atom. The molecule has 0 amide bonds. The minimum Gasteiger partial charge on any atom is -0.245 e. The van der Waals surface area contributed by atoms with Gasteiger partial charge in [0.15, 0.2) is 0 Å².